The molecule has 0 spiro atoms. The van der Waals surface area contributed by atoms with Gasteiger partial charge in [0.2, 0.25) is 0 Å². The third-order valence-electron chi connectivity index (χ3n) is 5.41. The van der Waals surface area contributed by atoms with Gasteiger partial charge in [-0.1, -0.05) is 48.5 Å². The Bertz CT molecular complexity index is 1280. The number of rotatable bonds is 6. The van der Waals surface area contributed by atoms with Crippen molar-refractivity contribution in [2.75, 3.05) is 14.2 Å². The second-order valence-corrected chi connectivity index (χ2v) is 7.30. The van der Waals surface area contributed by atoms with Crippen molar-refractivity contribution >= 4 is 21.5 Å². The van der Waals surface area contributed by atoms with Crippen LogP contribution in [0.2, 0.25) is 0 Å². The van der Waals surface area contributed by atoms with E-state index in [1.54, 1.807) is 14.2 Å². The normalized spacial score (nSPS) is 10.8. The van der Waals surface area contributed by atoms with E-state index in [4.69, 9.17) is 18.9 Å². The van der Waals surface area contributed by atoms with Gasteiger partial charge < -0.3 is 18.9 Å². The molecule has 0 radical (unpaired) electrons. The van der Waals surface area contributed by atoms with E-state index >= 15 is 0 Å². The van der Waals surface area contributed by atoms with E-state index in [0.717, 1.165) is 56.0 Å². The summed E-state index contributed by atoms with van der Waals surface area (Å²) < 4.78 is 23.3. The first-order valence-corrected chi connectivity index (χ1v) is 10.3. The molecule has 0 saturated heterocycles. The lowest BCUT2D eigenvalue weighted by Gasteiger charge is -2.13. The fourth-order valence-corrected chi connectivity index (χ4v) is 3.85. The lowest BCUT2D eigenvalue weighted by Crippen LogP contribution is -1.91. The highest BCUT2D eigenvalue weighted by atomic mass is 16.5. The summed E-state index contributed by atoms with van der Waals surface area (Å²) in [4.78, 5) is 0. The van der Waals surface area contributed by atoms with Gasteiger partial charge in [-0.05, 0) is 48.5 Å². The van der Waals surface area contributed by atoms with E-state index < -0.39 is 0 Å². The van der Waals surface area contributed by atoms with Crippen molar-refractivity contribution in [1.82, 2.24) is 0 Å². The molecule has 5 aromatic rings. The fourth-order valence-electron chi connectivity index (χ4n) is 3.85. The van der Waals surface area contributed by atoms with Crippen molar-refractivity contribution in [3.63, 3.8) is 0 Å². The molecule has 0 fully saturated rings. The zero-order valence-corrected chi connectivity index (χ0v) is 17.9. The molecular weight excluding hydrogens is 400 g/mol. The van der Waals surface area contributed by atoms with Crippen LogP contribution in [0.4, 0.5) is 0 Å². The van der Waals surface area contributed by atoms with Gasteiger partial charge in [0.05, 0.1) is 14.2 Å². The zero-order valence-electron chi connectivity index (χ0n) is 17.9. The summed E-state index contributed by atoms with van der Waals surface area (Å²) in [5.41, 5.74) is 0. The maximum absolute atomic E-state index is 6.17. The molecule has 0 heterocycles. The molecule has 32 heavy (non-hydrogen) atoms. The van der Waals surface area contributed by atoms with E-state index in [-0.39, 0.29) is 0 Å². The molecule has 0 bridgehead atoms. The van der Waals surface area contributed by atoms with Crippen molar-refractivity contribution in [2.45, 2.75) is 0 Å². The number of hydrogen-bond donors (Lipinski definition) is 0. The Kier molecular flexibility index (Phi) is 5.26. The van der Waals surface area contributed by atoms with Gasteiger partial charge in [-0.2, -0.15) is 0 Å². The zero-order chi connectivity index (χ0) is 21.9. The van der Waals surface area contributed by atoms with Crippen molar-refractivity contribution in [3.05, 3.63) is 97.1 Å². The molecule has 0 N–H and O–H groups in total. The van der Waals surface area contributed by atoms with Crippen LogP contribution in [0.25, 0.3) is 21.5 Å². The number of methoxy groups -OCH3 is 2. The summed E-state index contributed by atoms with van der Waals surface area (Å²) in [6.07, 6.45) is 0. The third-order valence-corrected chi connectivity index (χ3v) is 5.41. The molecule has 0 aliphatic carbocycles. The van der Waals surface area contributed by atoms with Crippen LogP contribution in [-0.4, -0.2) is 14.2 Å². The molecule has 0 saturated carbocycles. The molecule has 0 atom stereocenters. The van der Waals surface area contributed by atoms with Gasteiger partial charge in [-0.15, -0.1) is 0 Å². The predicted molar refractivity (Wildman–Crippen MR) is 128 cm³/mol. The van der Waals surface area contributed by atoms with E-state index in [9.17, 15) is 0 Å². The van der Waals surface area contributed by atoms with Gasteiger partial charge in [0, 0.05) is 21.5 Å². The van der Waals surface area contributed by atoms with Crippen LogP contribution < -0.4 is 18.9 Å². The van der Waals surface area contributed by atoms with E-state index in [1.807, 2.05) is 97.1 Å². The van der Waals surface area contributed by atoms with Crippen LogP contribution in [0.5, 0.6) is 34.5 Å². The summed E-state index contributed by atoms with van der Waals surface area (Å²) in [7, 11) is 3.35. The summed E-state index contributed by atoms with van der Waals surface area (Å²) in [6.45, 7) is 0. The third kappa shape index (κ3) is 3.67. The average Bonchev–Trinajstić information content (AvgIpc) is 2.85. The van der Waals surface area contributed by atoms with E-state index in [1.165, 1.54) is 0 Å². The molecular formula is C28H22O4. The number of hydrogen-bond acceptors (Lipinski definition) is 4. The molecule has 0 aromatic heterocycles. The molecule has 5 aromatic carbocycles. The van der Waals surface area contributed by atoms with Gasteiger partial charge in [0.15, 0.2) is 0 Å². The number of benzene rings is 5. The molecule has 0 amide bonds. The Hall–Kier alpha value is -4.18. The van der Waals surface area contributed by atoms with Crippen molar-refractivity contribution in [3.8, 4) is 34.5 Å². The summed E-state index contributed by atoms with van der Waals surface area (Å²) in [5, 5.41) is 4.02. The minimum Gasteiger partial charge on any atom is -0.496 e. The molecule has 158 valence electrons. The summed E-state index contributed by atoms with van der Waals surface area (Å²) in [6, 6.07) is 31.4. The van der Waals surface area contributed by atoms with Crippen LogP contribution in [0.15, 0.2) is 97.1 Å². The Morgan fingerprint density at radius 3 is 1.03 bits per heavy atom. The predicted octanol–water partition coefficient (Wildman–Crippen LogP) is 7.59. The molecule has 4 nitrogen and oxygen atoms in total. The SMILES string of the molecule is COc1ccc(Oc2ccc(Oc3ccc(OC)c4ccccc34)cc2)c2ccccc12. The van der Waals surface area contributed by atoms with Gasteiger partial charge in [-0.25, -0.2) is 0 Å². The van der Waals surface area contributed by atoms with Gasteiger partial charge in [0.25, 0.3) is 0 Å². The Morgan fingerprint density at radius 1 is 0.375 bits per heavy atom. The van der Waals surface area contributed by atoms with Crippen LogP contribution >= 0.6 is 0 Å². The lowest BCUT2D eigenvalue weighted by molar-refractivity contribution is 0.418. The minimum absolute atomic E-state index is 0.729. The first kappa shape index (κ1) is 19.8. The Balaban J connectivity index is 1.40. The molecule has 0 unspecified atom stereocenters. The lowest BCUT2D eigenvalue weighted by atomic mass is 10.1. The fraction of sp³-hybridized carbons (Fsp3) is 0.0714. The first-order chi connectivity index (χ1) is 15.8. The van der Waals surface area contributed by atoms with Crippen molar-refractivity contribution < 1.29 is 18.9 Å². The summed E-state index contributed by atoms with van der Waals surface area (Å²) in [5.74, 6) is 4.65. The molecule has 4 heteroatoms. The van der Waals surface area contributed by atoms with E-state index in [2.05, 4.69) is 0 Å². The molecule has 0 aliphatic heterocycles. The molecule has 0 aliphatic rings. The quantitative estimate of drug-likeness (QED) is 0.282. The average molecular weight is 422 g/mol. The second kappa shape index (κ2) is 8.52. The standard InChI is InChI=1S/C28H22O4/c1-29-25-15-17-27(23-9-5-3-7-21(23)25)31-19-11-13-20(14-12-19)32-28-18-16-26(30-2)22-8-4-6-10-24(22)28/h3-18H,1-2H3. The maximum atomic E-state index is 6.17. The van der Waals surface area contributed by atoms with Gasteiger partial charge in [0.1, 0.15) is 34.5 Å². The second-order valence-electron chi connectivity index (χ2n) is 7.30. The Labute approximate surface area is 186 Å². The number of fused-ring (bicyclic) bond motifs is 2. The smallest absolute Gasteiger partial charge is 0.135 e. The van der Waals surface area contributed by atoms with Crippen molar-refractivity contribution in [2.24, 2.45) is 0 Å². The Morgan fingerprint density at radius 2 is 0.688 bits per heavy atom. The van der Waals surface area contributed by atoms with E-state index in [0.29, 0.717) is 0 Å². The first-order valence-electron chi connectivity index (χ1n) is 10.3. The van der Waals surface area contributed by atoms with Crippen molar-refractivity contribution in [1.29, 1.82) is 0 Å². The van der Waals surface area contributed by atoms with Crippen LogP contribution in [0, 0.1) is 0 Å². The largest absolute Gasteiger partial charge is 0.496 e. The monoisotopic (exact) mass is 422 g/mol. The van der Waals surface area contributed by atoms with Gasteiger partial charge in [-0.3, -0.25) is 0 Å². The van der Waals surface area contributed by atoms with Gasteiger partial charge >= 0.3 is 0 Å². The molecule has 5 rings (SSSR count). The maximum Gasteiger partial charge on any atom is 0.135 e. The highest BCUT2D eigenvalue weighted by Crippen LogP contribution is 2.38. The van der Waals surface area contributed by atoms with Crippen LogP contribution in [0.3, 0.4) is 0 Å². The number of ether oxygens (including phenoxy) is 4. The highest BCUT2D eigenvalue weighted by molar-refractivity contribution is 5.94. The highest BCUT2D eigenvalue weighted by Gasteiger charge is 2.10. The van der Waals surface area contributed by atoms with Crippen LogP contribution in [0.1, 0.15) is 0 Å². The minimum atomic E-state index is 0.729. The topological polar surface area (TPSA) is 36.9 Å². The summed E-state index contributed by atoms with van der Waals surface area (Å²) >= 11 is 0. The van der Waals surface area contributed by atoms with Crippen LogP contribution in [-0.2, 0) is 0 Å².